The van der Waals surface area contributed by atoms with Gasteiger partial charge in [0.25, 0.3) is 0 Å². The van der Waals surface area contributed by atoms with Crippen LogP contribution >= 0.6 is 0 Å². The van der Waals surface area contributed by atoms with Crippen molar-refractivity contribution in [3.63, 3.8) is 0 Å². The van der Waals surface area contributed by atoms with Crippen LogP contribution < -0.4 is 16.4 Å². The van der Waals surface area contributed by atoms with Gasteiger partial charge in [-0.15, -0.1) is 0 Å². The number of anilines is 2. The van der Waals surface area contributed by atoms with Crippen LogP contribution in [0.15, 0.2) is 12.3 Å². The Kier molecular flexibility index (Phi) is 3.05. The number of carbonyl (C=O) groups is 2. The highest BCUT2D eigenvalue weighted by molar-refractivity contribution is 5.89. The molecule has 1 aromatic rings. The molecular formula is C11H14N4O3. The van der Waals surface area contributed by atoms with Gasteiger partial charge in [0.1, 0.15) is 0 Å². The molecule has 1 unspecified atom stereocenters. The number of hydrogen-bond acceptors (Lipinski definition) is 5. The van der Waals surface area contributed by atoms with E-state index in [2.05, 4.69) is 4.98 Å². The molecule has 1 aliphatic rings. The number of pyridine rings is 1. The lowest BCUT2D eigenvalue weighted by Gasteiger charge is -2.18. The molecule has 7 heteroatoms. The molecular weight excluding hydrogens is 236 g/mol. The quantitative estimate of drug-likeness (QED) is 0.675. The molecule has 96 valence electrons. The zero-order chi connectivity index (χ0) is 13.3. The summed E-state index contributed by atoms with van der Waals surface area (Å²) >= 11 is 0. The Labute approximate surface area is 103 Å². The van der Waals surface area contributed by atoms with Crippen molar-refractivity contribution in [2.45, 2.75) is 6.42 Å². The third-order valence-electron chi connectivity index (χ3n) is 3.03. The predicted molar refractivity (Wildman–Crippen MR) is 65.1 cm³/mol. The monoisotopic (exact) mass is 250 g/mol. The maximum absolute atomic E-state index is 11.1. The van der Waals surface area contributed by atoms with E-state index in [1.807, 2.05) is 4.90 Å². The molecule has 0 radical (unpaired) electrons. The van der Waals surface area contributed by atoms with E-state index in [0.717, 1.165) is 0 Å². The van der Waals surface area contributed by atoms with E-state index >= 15 is 0 Å². The van der Waals surface area contributed by atoms with Crippen molar-refractivity contribution in [1.29, 1.82) is 0 Å². The Hall–Kier alpha value is -2.31. The van der Waals surface area contributed by atoms with Crippen LogP contribution in [-0.4, -0.2) is 35.1 Å². The van der Waals surface area contributed by atoms with E-state index in [1.54, 1.807) is 0 Å². The summed E-state index contributed by atoms with van der Waals surface area (Å²) in [6.07, 6.45) is 1.92. The van der Waals surface area contributed by atoms with Gasteiger partial charge in [-0.2, -0.15) is 0 Å². The van der Waals surface area contributed by atoms with Gasteiger partial charge in [-0.25, -0.2) is 9.78 Å². The highest BCUT2D eigenvalue weighted by atomic mass is 16.4. The molecule has 2 heterocycles. The molecule has 1 aromatic heterocycles. The van der Waals surface area contributed by atoms with Crippen LogP contribution in [-0.2, 0) is 4.79 Å². The van der Waals surface area contributed by atoms with Crippen molar-refractivity contribution in [1.82, 2.24) is 4.98 Å². The first-order valence-electron chi connectivity index (χ1n) is 5.52. The number of nitrogen functional groups attached to an aromatic ring is 1. The maximum atomic E-state index is 11.1. The smallest absolute Gasteiger partial charge is 0.337 e. The van der Waals surface area contributed by atoms with Crippen LogP contribution in [0.3, 0.4) is 0 Å². The van der Waals surface area contributed by atoms with Gasteiger partial charge in [-0.05, 0) is 12.5 Å². The van der Waals surface area contributed by atoms with Crippen molar-refractivity contribution >= 4 is 23.4 Å². The lowest BCUT2D eigenvalue weighted by atomic mass is 10.1. The summed E-state index contributed by atoms with van der Waals surface area (Å²) < 4.78 is 0. The zero-order valence-electron chi connectivity index (χ0n) is 9.67. The van der Waals surface area contributed by atoms with Crippen molar-refractivity contribution in [2.24, 2.45) is 11.7 Å². The Balaban J connectivity index is 2.20. The van der Waals surface area contributed by atoms with Gasteiger partial charge in [-0.3, -0.25) is 4.79 Å². The number of carboxylic acids is 1. The van der Waals surface area contributed by atoms with Gasteiger partial charge < -0.3 is 21.5 Å². The molecule has 5 N–H and O–H groups in total. The Morgan fingerprint density at radius 2 is 2.22 bits per heavy atom. The van der Waals surface area contributed by atoms with Gasteiger partial charge in [-0.1, -0.05) is 0 Å². The molecule has 2 rings (SSSR count). The maximum Gasteiger partial charge on any atom is 0.337 e. The van der Waals surface area contributed by atoms with Gasteiger partial charge in [0.2, 0.25) is 5.91 Å². The minimum absolute atomic E-state index is 0.0434. The lowest BCUT2D eigenvalue weighted by Crippen LogP contribution is -2.28. The first-order valence-corrected chi connectivity index (χ1v) is 5.52. The van der Waals surface area contributed by atoms with E-state index in [9.17, 15) is 9.59 Å². The SMILES string of the molecule is NC(=O)C1CCN(c2ncc(C(=O)O)cc2N)C1. The van der Waals surface area contributed by atoms with E-state index in [1.165, 1.54) is 12.3 Å². The highest BCUT2D eigenvalue weighted by Crippen LogP contribution is 2.27. The fourth-order valence-corrected chi connectivity index (χ4v) is 2.04. The molecule has 18 heavy (non-hydrogen) atoms. The summed E-state index contributed by atoms with van der Waals surface area (Å²) in [6, 6.07) is 1.36. The van der Waals surface area contributed by atoms with Crippen LogP contribution in [0.5, 0.6) is 0 Å². The largest absolute Gasteiger partial charge is 0.478 e. The van der Waals surface area contributed by atoms with Crippen molar-refractivity contribution in [3.05, 3.63) is 17.8 Å². The molecule has 1 atom stereocenters. The summed E-state index contributed by atoms with van der Waals surface area (Å²) in [5.74, 6) is -1.11. The zero-order valence-corrected chi connectivity index (χ0v) is 9.67. The van der Waals surface area contributed by atoms with Crippen LogP contribution in [0, 0.1) is 5.92 Å². The summed E-state index contributed by atoms with van der Waals surface area (Å²) in [5.41, 5.74) is 11.4. The molecule has 0 aromatic carbocycles. The molecule has 0 bridgehead atoms. The fourth-order valence-electron chi connectivity index (χ4n) is 2.04. The second kappa shape index (κ2) is 4.52. The molecule has 1 amide bonds. The normalized spacial score (nSPS) is 18.9. The number of carbonyl (C=O) groups excluding carboxylic acids is 1. The first kappa shape index (κ1) is 12.2. The van der Waals surface area contributed by atoms with E-state index in [0.29, 0.717) is 31.0 Å². The second-order valence-corrected chi connectivity index (χ2v) is 4.28. The summed E-state index contributed by atoms with van der Waals surface area (Å²) in [4.78, 5) is 27.7. The minimum atomic E-state index is -1.07. The standard InChI is InChI=1S/C11H14N4O3/c12-8-3-7(11(17)18)4-14-10(8)15-2-1-6(5-15)9(13)16/h3-4,6H,1-2,5,12H2,(H2,13,16)(H,17,18). The number of amides is 1. The van der Waals surface area contributed by atoms with E-state index in [-0.39, 0.29) is 17.4 Å². The van der Waals surface area contributed by atoms with Crippen molar-refractivity contribution in [3.8, 4) is 0 Å². The van der Waals surface area contributed by atoms with Gasteiger partial charge in [0.15, 0.2) is 5.82 Å². The number of aromatic nitrogens is 1. The van der Waals surface area contributed by atoms with Crippen LogP contribution in [0.2, 0.25) is 0 Å². The molecule has 0 aliphatic carbocycles. The summed E-state index contributed by atoms with van der Waals surface area (Å²) in [5, 5.41) is 8.81. The number of hydrogen-bond donors (Lipinski definition) is 3. The molecule has 0 spiro atoms. The molecule has 1 aliphatic heterocycles. The highest BCUT2D eigenvalue weighted by Gasteiger charge is 2.28. The first-order chi connectivity index (χ1) is 8.49. The number of primary amides is 1. The molecule has 1 fully saturated rings. The number of carboxylic acid groups (broad SMARTS) is 1. The van der Waals surface area contributed by atoms with Crippen LogP contribution in [0.4, 0.5) is 11.5 Å². The van der Waals surface area contributed by atoms with E-state index < -0.39 is 5.97 Å². The molecule has 0 saturated carbocycles. The second-order valence-electron chi connectivity index (χ2n) is 4.28. The average Bonchev–Trinajstić information content (AvgIpc) is 2.78. The Morgan fingerprint density at radius 1 is 1.50 bits per heavy atom. The summed E-state index contributed by atoms with van der Waals surface area (Å²) in [6.45, 7) is 1.11. The van der Waals surface area contributed by atoms with Crippen LogP contribution in [0.1, 0.15) is 16.8 Å². The van der Waals surface area contributed by atoms with Gasteiger partial charge in [0.05, 0.1) is 17.2 Å². The molecule has 1 saturated heterocycles. The third-order valence-corrected chi connectivity index (χ3v) is 3.03. The Morgan fingerprint density at radius 3 is 2.72 bits per heavy atom. The van der Waals surface area contributed by atoms with E-state index in [4.69, 9.17) is 16.6 Å². The lowest BCUT2D eigenvalue weighted by molar-refractivity contribution is -0.121. The number of rotatable bonds is 3. The van der Waals surface area contributed by atoms with Crippen LogP contribution in [0.25, 0.3) is 0 Å². The Bertz CT molecular complexity index is 503. The van der Waals surface area contributed by atoms with Crippen molar-refractivity contribution in [2.75, 3.05) is 23.7 Å². The fraction of sp³-hybridized carbons (Fsp3) is 0.364. The number of aromatic carboxylic acids is 1. The number of nitrogens with two attached hydrogens (primary N) is 2. The minimum Gasteiger partial charge on any atom is -0.478 e. The third kappa shape index (κ3) is 2.20. The topological polar surface area (TPSA) is 123 Å². The number of nitrogens with zero attached hydrogens (tertiary/aromatic N) is 2. The van der Waals surface area contributed by atoms with Crippen molar-refractivity contribution < 1.29 is 14.7 Å². The predicted octanol–water partition coefficient (Wildman–Crippen LogP) is -0.326. The van der Waals surface area contributed by atoms with Gasteiger partial charge in [0, 0.05) is 19.3 Å². The van der Waals surface area contributed by atoms with Gasteiger partial charge >= 0.3 is 5.97 Å². The molecule has 7 nitrogen and oxygen atoms in total. The summed E-state index contributed by atoms with van der Waals surface area (Å²) in [7, 11) is 0. The average molecular weight is 250 g/mol.